The van der Waals surface area contributed by atoms with Gasteiger partial charge in [-0.25, -0.2) is 4.98 Å². The number of aromatic nitrogens is 4. The lowest BCUT2D eigenvalue weighted by molar-refractivity contribution is 0.0924. The first kappa shape index (κ1) is 24.8. The first-order valence-corrected chi connectivity index (χ1v) is 11.5. The van der Waals surface area contributed by atoms with Crippen LogP contribution < -0.4 is 5.32 Å². The largest absolute Gasteiger partial charge is 0.333 e. The summed E-state index contributed by atoms with van der Waals surface area (Å²) in [5, 5.41) is 16.5. The van der Waals surface area contributed by atoms with Crippen LogP contribution in [-0.4, -0.2) is 31.2 Å². The van der Waals surface area contributed by atoms with Crippen molar-refractivity contribution in [1.82, 2.24) is 25.1 Å². The van der Waals surface area contributed by atoms with Crippen molar-refractivity contribution < 1.29 is 4.79 Å². The lowest BCUT2D eigenvalue weighted by Gasteiger charge is -2.17. The Morgan fingerprint density at radius 3 is 2.62 bits per heavy atom. The summed E-state index contributed by atoms with van der Waals surface area (Å²) in [5.74, 6) is -0.389. The Morgan fingerprint density at radius 1 is 1.26 bits per heavy atom. The van der Waals surface area contributed by atoms with Gasteiger partial charge in [0.2, 0.25) is 0 Å². The SMILES string of the molecule is CC/C(=C\c1cc(-c2cccc(C(=O)NC(C)(C)C#N)n2)cnc1C)c1cn(C(C)C)nc1C. The highest BCUT2D eigenvalue weighted by molar-refractivity contribution is 5.93. The monoisotopic (exact) mass is 456 g/mol. The molecule has 0 saturated carbocycles. The van der Waals surface area contributed by atoms with Crippen molar-refractivity contribution in [3.8, 4) is 17.3 Å². The van der Waals surface area contributed by atoms with Crippen LogP contribution in [0.4, 0.5) is 0 Å². The Balaban J connectivity index is 1.98. The Bertz CT molecular complexity index is 1280. The summed E-state index contributed by atoms with van der Waals surface area (Å²) >= 11 is 0. The number of aryl methyl sites for hydroxylation is 2. The Kier molecular flexibility index (Phi) is 7.31. The van der Waals surface area contributed by atoms with E-state index in [1.54, 1.807) is 32.2 Å². The van der Waals surface area contributed by atoms with E-state index < -0.39 is 5.54 Å². The first-order valence-electron chi connectivity index (χ1n) is 11.5. The van der Waals surface area contributed by atoms with E-state index in [1.165, 1.54) is 5.57 Å². The molecule has 3 heterocycles. The molecule has 0 unspecified atom stereocenters. The third-order valence-electron chi connectivity index (χ3n) is 5.61. The van der Waals surface area contributed by atoms with Crippen molar-refractivity contribution in [2.24, 2.45) is 0 Å². The summed E-state index contributed by atoms with van der Waals surface area (Å²) < 4.78 is 1.99. The molecule has 3 rings (SSSR count). The van der Waals surface area contributed by atoms with Gasteiger partial charge in [0.05, 0.1) is 17.5 Å². The van der Waals surface area contributed by atoms with E-state index in [1.807, 2.05) is 30.7 Å². The summed E-state index contributed by atoms with van der Waals surface area (Å²) in [6.45, 7) is 13.7. The summed E-state index contributed by atoms with van der Waals surface area (Å²) in [5.41, 5.74) is 5.97. The zero-order chi connectivity index (χ0) is 25.0. The van der Waals surface area contributed by atoms with Crippen LogP contribution in [0.2, 0.25) is 0 Å². The van der Waals surface area contributed by atoms with Crippen LogP contribution in [0.1, 0.15) is 80.1 Å². The van der Waals surface area contributed by atoms with Crippen LogP contribution in [0.15, 0.2) is 36.7 Å². The molecule has 0 atom stereocenters. The second kappa shape index (κ2) is 10.0. The van der Waals surface area contributed by atoms with Gasteiger partial charge >= 0.3 is 0 Å². The molecule has 0 fully saturated rings. The average Bonchev–Trinajstić information content (AvgIpc) is 3.20. The molecular weight excluding hydrogens is 424 g/mol. The predicted molar refractivity (Wildman–Crippen MR) is 135 cm³/mol. The molecule has 3 aromatic heterocycles. The minimum Gasteiger partial charge on any atom is -0.333 e. The number of nitriles is 1. The smallest absolute Gasteiger partial charge is 0.271 e. The molecule has 7 nitrogen and oxygen atoms in total. The number of pyridine rings is 2. The minimum atomic E-state index is -0.976. The highest BCUT2D eigenvalue weighted by atomic mass is 16.2. The summed E-state index contributed by atoms with van der Waals surface area (Å²) in [6, 6.07) is 9.68. The van der Waals surface area contributed by atoms with E-state index in [9.17, 15) is 10.1 Å². The van der Waals surface area contributed by atoms with Gasteiger partial charge in [-0.15, -0.1) is 0 Å². The topological polar surface area (TPSA) is 96.5 Å². The molecule has 0 aromatic carbocycles. The Morgan fingerprint density at radius 2 is 2.00 bits per heavy atom. The van der Waals surface area contributed by atoms with Gasteiger partial charge in [-0.1, -0.05) is 13.0 Å². The van der Waals surface area contributed by atoms with Gasteiger partial charge in [-0.3, -0.25) is 14.5 Å². The van der Waals surface area contributed by atoms with Gasteiger partial charge in [0.25, 0.3) is 5.91 Å². The molecule has 0 aliphatic heterocycles. The van der Waals surface area contributed by atoms with E-state index in [-0.39, 0.29) is 11.6 Å². The van der Waals surface area contributed by atoms with Crippen molar-refractivity contribution in [3.63, 3.8) is 0 Å². The molecule has 1 N–H and O–H groups in total. The number of nitrogens with one attached hydrogen (secondary N) is 1. The summed E-state index contributed by atoms with van der Waals surface area (Å²) in [6.07, 6.45) is 6.89. The standard InChI is InChI=1S/C27H32N6O/c1-8-20(23-15-33(17(2)3)32-19(23)5)12-21-13-22(14-29-18(21)4)24-10-9-11-25(30-24)26(34)31-27(6,7)16-28/h9-15,17H,8H2,1-7H3,(H,31,34)/b20-12+. The molecule has 176 valence electrons. The van der Waals surface area contributed by atoms with Crippen molar-refractivity contribution in [2.45, 2.75) is 66.5 Å². The van der Waals surface area contributed by atoms with Crippen LogP contribution >= 0.6 is 0 Å². The molecule has 0 radical (unpaired) electrons. The number of carbonyl (C=O) groups excluding carboxylic acids is 1. The second-order valence-electron chi connectivity index (χ2n) is 9.22. The number of hydrogen-bond donors (Lipinski definition) is 1. The molecule has 34 heavy (non-hydrogen) atoms. The third-order valence-corrected chi connectivity index (χ3v) is 5.61. The van der Waals surface area contributed by atoms with Gasteiger partial charge in [-0.2, -0.15) is 10.4 Å². The van der Waals surface area contributed by atoms with Gasteiger partial charge in [0.1, 0.15) is 11.2 Å². The number of rotatable bonds is 7. The molecule has 0 spiro atoms. The zero-order valence-electron chi connectivity index (χ0n) is 21.0. The van der Waals surface area contributed by atoms with E-state index in [4.69, 9.17) is 0 Å². The van der Waals surface area contributed by atoms with E-state index in [0.29, 0.717) is 11.7 Å². The van der Waals surface area contributed by atoms with Gasteiger partial charge in [0.15, 0.2) is 0 Å². The Hall–Kier alpha value is -3.79. The number of carbonyl (C=O) groups is 1. The highest BCUT2D eigenvalue weighted by Gasteiger charge is 2.21. The van der Waals surface area contributed by atoms with E-state index in [2.05, 4.69) is 59.5 Å². The normalized spacial score (nSPS) is 12.0. The lowest BCUT2D eigenvalue weighted by Crippen LogP contribution is -2.42. The van der Waals surface area contributed by atoms with Gasteiger partial charge in [-0.05, 0) is 83.4 Å². The van der Waals surface area contributed by atoms with Crippen molar-refractivity contribution >= 4 is 17.6 Å². The predicted octanol–water partition coefficient (Wildman–Crippen LogP) is 5.52. The summed E-state index contributed by atoms with van der Waals surface area (Å²) in [4.78, 5) is 21.7. The van der Waals surface area contributed by atoms with Crippen LogP contribution in [-0.2, 0) is 0 Å². The fourth-order valence-electron chi connectivity index (χ4n) is 3.55. The van der Waals surface area contributed by atoms with Crippen LogP contribution in [0.5, 0.6) is 0 Å². The lowest BCUT2D eigenvalue weighted by atomic mass is 9.99. The van der Waals surface area contributed by atoms with Crippen molar-refractivity contribution in [1.29, 1.82) is 5.26 Å². The molecule has 0 aliphatic rings. The quantitative estimate of drug-likeness (QED) is 0.505. The van der Waals surface area contributed by atoms with E-state index in [0.717, 1.165) is 34.5 Å². The maximum atomic E-state index is 12.6. The molecule has 1 amide bonds. The fourth-order valence-corrected chi connectivity index (χ4v) is 3.55. The number of nitrogens with zero attached hydrogens (tertiary/aromatic N) is 5. The zero-order valence-corrected chi connectivity index (χ0v) is 21.0. The third kappa shape index (κ3) is 5.57. The van der Waals surface area contributed by atoms with E-state index >= 15 is 0 Å². The number of amides is 1. The van der Waals surface area contributed by atoms with Gasteiger partial charge < -0.3 is 5.32 Å². The molecular formula is C27H32N6O. The fraction of sp³-hybridized carbons (Fsp3) is 0.370. The maximum absolute atomic E-state index is 12.6. The first-order chi connectivity index (χ1) is 16.0. The van der Waals surface area contributed by atoms with Crippen LogP contribution in [0.25, 0.3) is 22.9 Å². The van der Waals surface area contributed by atoms with Gasteiger partial charge in [0, 0.05) is 35.3 Å². The molecule has 0 aliphatic carbocycles. The molecule has 7 heteroatoms. The Labute approximate surface area is 201 Å². The van der Waals surface area contributed by atoms with Crippen LogP contribution in [0.3, 0.4) is 0 Å². The summed E-state index contributed by atoms with van der Waals surface area (Å²) in [7, 11) is 0. The molecule has 0 bridgehead atoms. The maximum Gasteiger partial charge on any atom is 0.271 e. The van der Waals surface area contributed by atoms with Crippen molar-refractivity contribution in [2.75, 3.05) is 0 Å². The minimum absolute atomic E-state index is 0.254. The van der Waals surface area contributed by atoms with Crippen LogP contribution in [0, 0.1) is 25.2 Å². The number of allylic oxidation sites excluding steroid dienone is 1. The number of hydrogen-bond acceptors (Lipinski definition) is 5. The average molecular weight is 457 g/mol. The second-order valence-corrected chi connectivity index (χ2v) is 9.22. The molecule has 3 aromatic rings. The highest BCUT2D eigenvalue weighted by Crippen LogP contribution is 2.28. The van der Waals surface area contributed by atoms with Crippen molar-refractivity contribution in [3.05, 3.63) is 64.9 Å². The molecule has 0 saturated heterocycles.